The van der Waals surface area contributed by atoms with Gasteiger partial charge in [-0.2, -0.15) is 0 Å². The lowest BCUT2D eigenvalue weighted by molar-refractivity contribution is 0.0983. The van der Waals surface area contributed by atoms with Gasteiger partial charge < -0.3 is 10.2 Å². The van der Waals surface area contributed by atoms with Gasteiger partial charge in [-0.05, 0) is 43.7 Å². The quantitative estimate of drug-likeness (QED) is 0.744. The lowest BCUT2D eigenvalue weighted by Gasteiger charge is -2.21. The van der Waals surface area contributed by atoms with Crippen molar-refractivity contribution in [2.45, 2.75) is 13.8 Å². The molecule has 0 saturated heterocycles. The molecular formula is C20H19FN4O. The van der Waals surface area contributed by atoms with E-state index in [0.717, 1.165) is 11.3 Å². The van der Waals surface area contributed by atoms with E-state index in [-0.39, 0.29) is 17.3 Å². The largest absolute Gasteiger partial charge is 0.338 e. The molecule has 132 valence electrons. The zero-order chi connectivity index (χ0) is 18.5. The monoisotopic (exact) mass is 350 g/mol. The molecule has 3 rings (SSSR count). The molecule has 0 saturated carbocycles. The van der Waals surface area contributed by atoms with Gasteiger partial charge in [0.1, 0.15) is 23.7 Å². The summed E-state index contributed by atoms with van der Waals surface area (Å²) in [4.78, 5) is 22.7. The van der Waals surface area contributed by atoms with Crippen LogP contribution in [0.15, 0.2) is 60.9 Å². The van der Waals surface area contributed by atoms with Crippen molar-refractivity contribution < 1.29 is 9.18 Å². The van der Waals surface area contributed by atoms with Gasteiger partial charge in [0.15, 0.2) is 0 Å². The Hall–Kier alpha value is -3.28. The van der Waals surface area contributed by atoms with Gasteiger partial charge in [-0.1, -0.05) is 24.3 Å². The van der Waals surface area contributed by atoms with Gasteiger partial charge in [-0.15, -0.1) is 0 Å². The van der Waals surface area contributed by atoms with E-state index in [0.29, 0.717) is 12.4 Å². The second-order valence-corrected chi connectivity index (χ2v) is 5.78. The Morgan fingerprint density at radius 3 is 2.65 bits per heavy atom. The third kappa shape index (κ3) is 3.85. The summed E-state index contributed by atoms with van der Waals surface area (Å²) < 4.78 is 13.8. The predicted molar refractivity (Wildman–Crippen MR) is 100 cm³/mol. The fraction of sp³-hybridized carbons (Fsp3) is 0.150. The maximum atomic E-state index is 13.8. The molecule has 26 heavy (non-hydrogen) atoms. The summed E-state index contributed by atoms with van der Waals surface area (Å²) in [5, 5.41) is 2.88. The van der Waals surface area contributed by atoms with Crippen molar-refractivity contribution in [2.75, 3.05) is 16.8 Å². The minimum atomic E-state index is -0.395. The number of nitrogens with zero attached hydrogens (tertiary/aromatic N) is 3. The molecule has 1 heterocycles. The van der Waals surface area contributed by atoms with Crippen LogP contribution >= 0.6 is 0 Å². The van der Waals surface area contributed by atoms with E-state index < -0.39 is 5.82 Å². The van der Waals surface area contributed by atoms with Gasteiger partial charge in [-0.3, -0.25) is 4.79 Å². The molecule has 2 aromatic carbocycles. The van der Waals surface area contributed by atoms with E-state index >= 15 is 0 Å². The van der Waals surface area contributed by atoms with Gasteiger partial charge in [-0.25, -0.2) is 14.4 Å². The molecule has 1 N–H and O–H groups in total. The number of halogens is 1. The second kappa shape index (κ2) is 7.74. The van der Waals surface area contributed by atoms with Crippen LogP contribution in [-0.4, -0.2) is 22.4 Å². The zero-order valence-electron chi connectivity index (χ0n) is 14.6. The average molecular weight is 350 g/mol. The number of aryl methyl sites for hydroxylation is 1. The summed E-state index contributed by atoms with van der Waals surface area (Å²) in [5.41, 5.74) is 2.40. The zero-order valence-corrected chi connectivity index (χ0v) is 14.6. The smallest absolute Gasteiger partial charge is 0.277 e. The number of hydrogen-bond donors (Lipinski definition) is 1. The molecule has 0 bridgehead atoms. The second-order valence-electron chi connectivity index (χ2n) is 5.78. The highest BCUT2D eigenvalue weighted by molar-refractivity contribution is 6.05. The van der Waals surface area contributed by atoms with Crippen LogP contribution in [0, 0.1) is 12.7 Å². The molecule has 6 heteroatoms. The topological polar surface area (TPSA) is 58.1 Å². The van der Waals surface area contributed by atoms with Crippen molar-refractivity contribution in [1.82, 2.24) is 9.97 Å². The number of carbonyl (C=O) groups is 1. The molecule has 0 aliphatic heterocycles. The maximum absolute atomic E-state index is 13.8. The summed E-state index contributed by atoms with van der Waals surface area (Å²) in [6, 6.07) is 15.5. The highest BCUT2D eigenvalue weighted by atomic mass is 19.1. The van der Waals surface area contributed by atoms with Crippen molar-refractivity contribution in [3.05, 3.63) is 78.0 Å². The van der Waals surface area contributed by atoms with Crippen LogP contribution < -0.4 is 10.2 Å². The molecule has 0 unspecified atom stereocenters. The number of aromatic nitrogens is 2. The van der Waals surface area contributed by atoms with Gasteiger partial charge in [0, 0.05) is 18.3 Å². The lowest BCUT2D eigenvalue weighted by Crippen LogP contribution is -2.31. The van der Waals surface area contributed by atoms with Gasteiger partial charge in [0.2, 0.25) is 0 Å². The normalized spacial score (nSPS) is 10.4. The first kappa shape index (κ1) is 17.5. The first-order valence-corrected chi connectivity index (χ1v) is 8.30. The fourth-order valence-corrected chi connectivity index (χ4v) is 2.62. The number of nitrogens with one attached hydrogen (secondary N) is 1. The Morgan fingerprint density at radius 2 is 1.92 bits per heavy atom. The van der Waals surface area contributed by atoms with Crippen LogP contribution in [0.1, 0.15) is 23.0 Å². The van der Waals surface area contributed by atoms with E-state index in [1.807, 2.05) is 38.1 Å². The van der Waals surface area contributed by atoms with E-state index in [9.17, 15) is 9.18 Å². The van der Waals surface area contributed by atoms with Crippen molar-refractivity contribution >= 4 is 23.1 Å². The predicted octanol–water partition coefficient (Wildman–Crippen LogP) is 4.33. The number of carbonyl (C=O) groups excluding carboxylic acids is 1. The molecular weight excluding hydrogens is 331 g/mol. The Kier molecular flexibility index (Phi) is 5.22. The maximum Gasteiger partial charge on any atom is 0.277 e. The third-order valence-electron chi connectivity index (χ3n) is 3.90. The molecule has 1 aromatic heterocycles. The summed E-state index contributed by atoms with van der Waals surface area (Å²) in [7, 11) is 0. The summed E-state index contributed by atoms with van der Waals surface area (Å²) in [5.74, 6) is -0.278. The Morgan fingerprint density at radius 1 is 1.12 bits per heavy atom. The minimum Gasteiger partial charge on any atom is -0.338 e. The van der Waals surface area contributed by atoms with Crippen molar-refractivity contribution in [3.8, 4) is 0 Å². The van der Waals surface area contributed by atoms with Crippen molar-refractivity contribution in [3.63, 3.8) is 0 Å². The summed E-state index contributed by atoms with van der Waals surface area (Å²) in [6.07, 6.45) is 1.29. The summed E-state index contributed by atoms with van der Waals surface area (Å²) in [6.45, 7) is 4.38. The number of benzene rings is 2. The first-order chi connectivity index (χ1) is 12.6. The van der Waals surface area contributed by atoms with E-state index in [1.54, 1.807) is 23.1 Å². The lowest BCUT2D eigenvalue weighted by atomic mass is 10.2. The number of para-hydroxylation sites is 1. The molecule has 0 aliphatic carbocycles. The van der Waals surface area contributed by atoms with Crippen LogP contribution in [0.3, 0.4) is 0 Å². The Labute approximate surface area is 151 Å². The van der Waals surface area contributed by atoms with E-state index in [2.05, 4.69) is 15.3 Å². The standard InChI is InChI=1S/C20H19FN4O/c1-3-25(15-8-6-7-14(2)11-15)20(26)18-12-19(23-13-22-18)24-17-10-5-4-9-16(17)21/h4-13H,3H2,1-2H3,(H,22,23,24). The minimum absolute atomic E-state index is 0.238. The average Bonchev–Trinajstić information content (AvgIpc) is 2.64. The van der Waals surface area contributed by atoms with E-state index in [4.69, 9.17) is 0 Å². The highest BCUT2D eigenvalue weighted by Gasteiger charge is 2.18. The molecule has 0 aliphatic rings. The van der Waals surface area contributed by atoms with Crippen LogP contribution in [0.2, 0.25) is 0 Å². The number of hydrogen-bond acceptors (Lipinski definition) is 4. The van der Waals surface area contributed by atoms with Crippen molar-refractivity contribution in [1.29, 1.82) is 0 Å². The number of amides is 1. The molecule has 0 radical (unpaired) electrons. The molecule has 3 aromatic rings. The van der Waals surface area contributed by atoms with Crippen molar-refractivity contribution in [2.24, 2.45) is 0 Å². The molecule has 5 nitrogen and oxygen atoms in total. The van der Waals surface area contributed by atoms with Gasteiger partial charge in [0.25, 0.3) is 5.91 Å². The highest BCUT2D eigenvalue weighted by Crippen LogP contribution is 2.21. The molecule has 0 spiro atoms. The molecule has 1 amide bonds. The van der Waals surface area contributed by atoms with Crippen LogP contribution in [0.25, 0.3) is 0 Å². The fourth-order valence-electron chi connectivity index (χ4n) is 2.62. The molecule has 0 atom stereocenters. The molecule has 0 fully saturated rings. The first-order valence-electron chi connectivity index (χ1n) is 8.30. The number of anilines is 3. The van der Waals surface area contributed by atoms with Crippen LogP contribution in [0.5, 0.6) is 0 Å². The third-order valence-corrected chi connectivity index (χ3v) is 3.90. The van der Waals surface area contributed by atoms with Gasteiger partial charge >= 0.3 is 0 Å². The Balaban J connectivity index is 1.86. The summed E-state index contributed by atoms with van der Waals surface area (Å²) >= 11 is 0. The van der Waals surface area contributed by atoms with E-state index in [1.165, 1.54) is 18.5 Å². The van der Waals surface area contributed by atoms with Gasteiger partial charge in [0.05, 0.1) is 5.69 Å². The number of rotatable bonds is 5. The SMILES string of the molecule is CCN(C(=O)c1cc(Nc2ccccc2F)ncn1)c1cccc(C)c1. The Bertz CT molecular complexity index is 929. The van der Waals surface area contributed by atoms with Crippen LogP contribution in [0.4, 0.5) is 21.6 Å². The van der Waals surface area contributed by atoms with Crippen LogP contribution in [-0.2, 0) is 0 Å².